The van der Waals surface area contributed by atoms with E-state index in [1.807, 2.05) is 18.2 Å². The van der Waals surface area contributed by atoms with Crippen LogP contribution in [0.25, 0.3) is 0 Å². The first kappa shape index (κ1) is 11.9. The Morgan fingerprint density at radius 2 is 2.13 bits per heavy atom. The van der Waals surface area contributed by atoms with E-state index in [0.29, 0.717) is 0 Å². The number of nitrogens with two attached hydrogens (primary N) is 1. The smallest absolute Gasteiger partial charge is 0.120 e. The van der Waals surface area contributed by atoms with Gasteiger partial charge in [0.15, 0.2) is 0 Å². The van der Waals surface area contributed by atoms with Crippen LogP contribution in [0.5, 0.6) is 5.75 Å². The highest BCUT2D eigenvalue weighted by Crippen LogP contribution is 2.19. The number of anilines is 1. The van der Waals surface area contributed by atoms with Crippen LogP contribution in [0, 0.1) is 0 Å². The summed E-state index contributed by atoms with van der Waals surface area (Å²) in [6.07, 6.45) is 2.21. The van der Waals surface area contributed by atoms with Gasteiger partial charge in [-0.25, -0.2) is 0 Å². The van der Waals surface area contributed by atoms with Crippen LogP contribution in [-0.2, 0) is 0 Å². The maximum absolute atomic E-state index is 5.46. The molecule has 0 heterocycles. The lowest BCUT2D eigenvalue weighted by molar-refractivity contribution is 0.415. The second kappa shape index (κ2) is 6.30. The molecule has 0 saturated heterocycles. The summed E-state index contributed by atoms with van der Waals surface area (Å²) in [6, 6.07) is 8.10. The molecule has 0 radical (unpaired) electrons. The van der Waals surface area contributed by atoms with Crippen LogP contribution in [0.4, 0.5) is 5.69 Å². The fourth-order valence-corrected chi connectivity index (χ4v) is 1.47. The van der Waals surface area contributed by atoms with Crippen LogP contribution in [-0.4, -0.2) is 27.2 Å². The van der Waals surface area contributed by atoms with E-state index in [1.54, 1.807) is 7.11 Å². The molecule has 0 saturated carbocycles. The number of unbranched alkanes of at least 4 members (excludes halogenated alkanes) is 1. The molecule has 0 spiro atoms. The van der Waals surface area contributed by atoms with Gasteiger partial charge in [0.2, 0.25) is 0 Å². The summed E-state index contributed by atoms with van der Waals surface area (Å²) in [5.74, 6) is 0.901. The van der Waals surface area contributed by atoms with E-state index in [2.05, 4.69) is 18.0 Å². The molecular weight excluding hydrogens is 188 g/mol. The zero-order valence-electron chi connectivity index (χ0n) is 9.57. The quantitative estimate of drug-likeness (QED) is 0.725. The van der Waals surface area contributed by atoms with Gasteiger partial charge in [-0.3, -0.25) is 0 Å². The molecule has 1 rings (SSSR count). The molecule has 0 unspecified atom stereocenters. The fraction of sp³-hybridized carbons (Fsp3) is 0.500. The minimum atomic E-state index is 0.770. The molecule has 2 N–H and O–H groups in total. The predicted molar refractivity (Wildman–Crippen MR) is 64.6 cm³/mol. The first-order valence-electron chi connectivity index (χ1n) is 5.33. The molecule has 0 fully saturated rings. The van der Waals surface area contributed by atoms with Crippen molar-refractivity contribution >= 4 is 5.69 Å². The normalized spacial score (nSPS) is 10.1. The third kappa shape index (κ3) is 3.80. The third-order valence-corrected chi connectivity index (χ3v) is 2.44. The first-order valence-corrected chi connectivity index (χ1v) is 5.33. The summed E-state index contributed by atoms with van der Waals surface area (Å²) >= 11 is 0. The molecule has 0 aliphatic heterocycles. The Labute approximate surface area is 91.8 Å². The van der Waals surface area contributed by atoms with Crippen molar-refractivity contribution in [1.29, 1.82) is 0 Å². The summed E-state index contributed by atoms with van der Waals surface area (Å²) in [5, 5.41) is 0. The van der Waals surface area contributed by atoms with Gasteiger partial charge in [-0.15, -0.1) is 0 Å². The van der Waals surface area contributed by atoms with Crippen molar-refractivity contribution in [2.75, 3.05) is 32.1 Å². The maximum atomic E-state index is 5.46. The minimum Gasteiger partial charge on any atom is -0.497 e. The highest BCUT2D eigenvalue weighted by atomic mass is 16.5. The maximum Gasteiger partial charge on any atom is 0.120 e. The number of rotatable bonds is 6. The number of nitrogens with zero attached hydrogens (tertiary/aromatic N) is 1. The van der Waals surface area contributed by atoms with Crippen molar-refractivity contribution in [3.8, 4) is 5.75 Å². The fourth-order valence-electron chi connectivity index (χ4n) is 1.47. The SMILES string of the molecule is COc1cccc(N(C)CCCCN)c1. The lowest BCUT2D eigenvalue weighted by Gasteiger charge is -2.19. The van der Waals surface area contributed by atoms with Gasteiger partial charge in [0.25, 0.3) is 0 Å². The molecule has 3 heteroatoms. The molecule has 0 bridgehead atoms. The van der Waals surface area contributed by atoms with Gasteiger partial charge in [0.05, 0.1) is 7.11 Å². The van der Waals surface area contributed by atoms with Crippen molar-refractivity contribution in [2.45, 2.75) is 12.8 Å². The molecule has 1 aromatic carbocycles. The lowest BCUT2D eigenvalue weighted by Crippen LogP contribution is -2.19. The topological polar surface area (TPSA) is 38.5 Å². The Morgan fingerprint density at radius 1 is 1.33 bits per heavy atom. The van der Waals surface area contributed by atoms with Gasteiger partial charge in [0, 0.05) is 25.3 Å². The largest absolute Gasteiger partial charge is 0.497 e. The van der Waals surface area contributed by atoms with E-state index in [0.717, 1.165) is 31.7 Å². The Kier molecular flexibility index (Phi) is 4.98. The van der Waals surface area contributed by atoms with Crippen molar-refractivity contribution < 1.29 is 4.74 Å². The molecule has 0 aliphatic carbocycles. The molecule has 0 aromatic heterocycles. The molecule has 3 nitrogen and oxygen atoms in total. The zero-order valence-corrected chi connectivity index (χ0v) is 9.57. The molecular formula is C12H20N2O. The predicted octanol–water partition coefficient (Wildman–Crippen LogP) is 1.87. The Morgan fingerprint density at radius 3 is 2.80 bits per heavy atom. The van der Waals surface area contributed by atoms with E-state index in [1.165, 1.54) is 5.69 Å². The second-order valence-electron chi connectivity index (χ2n) is 3.62. The summed E-state index contributed by atoms with van der Waals surface area (Å²) in [7, 11) is 3.78. The molecule has 0 atom stereocenters. The standard InChI is InChI=1S/C12H20N2O/c1-14(9-4-3-8-13)11-6-5-7-12(10-11)15-2/h5-7,10H,3-4,8-9,13H2,1-2H3. The summed E-state index contributed by atoms with van der Waals surface area (Å²) in [6.45, 7) is 1.80. The molecule has 0 amide bonds. The van der Waals surface area contributed by atoms with E-state index in [4.69, 9.17) is 10.5 Å². The molecule has 84 valence electrons. The van der Waals surface area contributed by atoms with Crippen LogP contribution in [0.2, 0.25) is 0 Å². The van der Waals surface area contributed by atoms with Crippen LogP contribution < -0.4 is 15.4 Å². The third-order valence-electron chi connectivity index (χ3n) is 2.44. The van der Waals surface area contributed by atoms with Crippen molar-refractivity contribution in [1.82, 2.24) is 0 Å². The highest BCUT2D eigenvalue weighted by Gasteiger charge is 2.01. The first-order chi connectivity index (χ1) is 7.27. The Hall–Kier alpha value is -1.22. The monoisotopic (exact) mass is 208 g/mol. The van der Waals surface area contributed by atoms with Gasteiger partial charge in [0.1, 0.15) is 5.75 Å². The zero-order chi connectivity index (χ0) is 11.1. The van der Waals surface area contributed by atoms with Gasteiger partial charge < -0.3 is 15.4 Å². The minimum absolute atomic E-state index is 0.770. The average Bonchev–Trinajstić information content (AvgIpc) is 2.29. The number of benzene rings is 1. The van der Waals surface area contributed by atoms with E-state index >= 15 is 0 Å². The van der Waals surface area contributed by atoms with Crippen LogP contribution in [0.1, 0.15) is 12.8 Å². The second-order valence-corrected chi connectivity index (χ2v) is 3.62. The molecule has 15 heavy (non-hydrogen) atoms. The summed E-state index contributed by atoms with van der Waals surface area (Å²) < 4.78 is 5.18. The van der Waals surface area contributed by atoms with E-state index in [9.17, 15) is 0 Å². The van der Waals surface area contributed by atoms with Crippen molar-refractivity contribution in [3.05, 3.63) is 24.3 Å². The number of hydrogen-bond acceptors (Lipinski definition) is 3. The lowest BCUT2D eigenvalue weighted by atomic mass is 10.2. The van der Waals surface area contributed by atoms with Crippen LogP contribution >= 0.6 is 0 Å². The molecule has 1 aromatic rings. The van der Waals surface area contributed by atoms with Gasteiger partial charge in [-0.2, -0.15) is 0 Å². The average molecular weight is 208 g/mol. The summed E-state index contributed by atoms with van der Waals surface area (Å²) in [5.41, 5.74) is 6.65. The Bertz CT molecular complexity index is 289. The van der Waals surface area contributed by atoms with Gasteiger partial charge in [-0.05, 0) is 31.5 Å². The van der Waals surface area contributed by atoms with E-state index in [-0.39, 0.29) is 0 Å². The number of methoxy groups -OCH3 is 1. The van der Waals surface area contributed by atoms with Crippen molar-refractivity contribution in [2.24, 2.45) is 5.73 Å². The van der Waals surface area contributed by atoms with Crippen molar-refractivity contribution in [3.63, 3.8) is 0 Å². The van der Waals surface area contributed by atoms with Crippen LogP contribution in [0.15, 0.2) is 24.3 Å². The Balaban J connectivity index is 2.52. The summed E-state index contributed by atoms with van der Waals surface area (Å²) in [4.78, 5) is 2.22. The highest BCUT2D eigenvalue weighted by molar-refractivity contribution is 5.49. The van der Waals surface area contributed by atoms with E-state index < -0.39 is 0 Å². The van der Waals surface area contributed by atoms with Gasteiger partial charge >= 0.3 is 0 Å². The van der Waals surface area contributed by atoms with Gasteiger partial charge in [-0.1, -0.05) is 6.07 Å². The number of ether oxygens (including phenoxy) is 1. The number of hydrogen-bond donors (Lipinski definition) is 1. The molecule has 0 aliphatic rings. The van der Waals surface area contributed by atoms with Crippen LogP contribution in [0.3, 0.4) is 0 Å².